The summed E-state index contributed by atoms with van der Waals surface area (Å²) in [5.74, 6) is -1.22. The van der Waals surface area contributed by atoms with E-state index >= 15 is 0 Å². The van der Waals surface area contributed by atoms with Gasteiger partial charge >= 0.3 is 6.03 Å². The van der Waals surface area contributed by atoms with Crippen molar-refractivity contribution in [2.45, 2.75) is 41.1 Å². The molecule has 0 radical (unpaired) electrons. The molecule has 1 aromatic carbocycles. The number of imide groups is 1. The number of nitrogens with one attached hydrogen (secondary N) is 1. The molecule has 1 saturated heterocycles. The van der Waals surface area contributed by atoms with E-state index < -0.39 is 27.2 Å². The van der Waals surface area contributed by atoms with Crippen LogP contribution in [0.25, 0.3) is 0 Å². The van der Waals surface area contributed by atoms with Gasteiger partial charge in [0.15, 0.2) is 0 Å². The van der Waals surface area contributed by atoms with Crippen molar-refractivity contribution < 1.29 is 14.0 Å². The van der Waals surface area contributed by atoms with E-state index in [0.717, 1.165) is 35.5 Å². The molecule has 0 aromatic heterocycles. The van der Waals surface area contributed by atoms with Crippen LogP contribution in [0.1, 0.15) is 25.7 Å². The van der Waals surface area contributed by atoms with Crippen LogP contribution in [-0.4, -0.2) is 51.0 Å². The second kappa shape index (κ2) is 8.77. The maximum absolute atomic E-state index is 14.4. The molecule has 1 aromatic rings. The standard InChI is InChI=1S/C18H20Br2ClFN4O2/c1-25-15(27)14(26(17(25)28)13-9-5-4-8-12(13)22)24-16(18(19,20)10-21)23-11-6-2-3-7-11/h4-5,8-9,11,16,23H,2-3,6-7,10H2,1H3/b24-14+. The summed E-state index contributed by atoms with van der Waals surface area (Å²) in [4.78, 5) is 31.8. The van der Waals surface area contributed by atoms with Gasteiger partial charge in [0.2, 0.25) is 5.84 Å². The molecule has 1 atom stereocenters. The minimum Gasteiger partial charge on any atom is -0.291 e. The van der Waals surface area contributed by atoms with Crippen LogP contribution in [0, 0.1) is 5.82 Å². The van der Waals surface area contributed by atoms with Gasteiger partial charge in [-0.15, -0.1) is 11.6 Å². The Kier molecular flexibility index (Phi) is 6.79. The number of urea groups is 1. The quantitative estimate of drug-likeness (QED) is 0.436. The number of carbonyl (C=O) groups is 2. The van der Waals surface area contributed by atoms with Crippen molar-refractivity contribution in [1.82, 2.24) is 10.2 Å². The first-order valence-corrected chi connectivity index (χ1v) is 11.0. The van der Waals surface area contributed by atoms with Gasteiger partial charge in [-0.25, -0.2) is 19.1 Å². The fraction of sp³-hybridized carbons (Fsp3) is 0.500. The van der Waals surface area contributed by atoms with E-state index in [1.165, 1.54) is 25.2 Å². The number of amidine groups is 1. The molecular formula is C18H20Br2ClFN4O2. The van der Waals surface area contributed by atoms with Crippen LogP contribution in [0.4, 0.5) is 14.9 Å². The van der Waals surface area contributed by atoms with Gasteiger partial charge in [-0.1, -0.05) is 56.8 Å². The monoisotopic (exact) mass is 536 g/mol. The van der Waals surface area contributed by atoms with Crippen LogP contribution >= 0.6 is 43.5 Å². The molecule has 1 unspecified atom stereocenters. The van der Waals surface area contributed by atoms with Crippen LogP contribution in [0.3, 0.4) is 0 Å². The molecule has 1 saturated carbocycles. The summed E-state index contributed by atoms with van der Waals surface area (Å²) < 4.78 is 13.5. The maximum atomic E-state index is 14.4. The molecule has 2 aliphatic rings. The number of likely N-dealkylation sites (N-methyl/N-ethyl adjacent to an activating group) is 1. The van der Waals surface area contributed by atoms with Gasteiger partial charge in [0.25, 0.3) is 5.91 Å². The molecule has 1 N–H and O–H groups in total. The van der Waals surface area contributed by atoms with Gasteiger partial charge < -0.3 is 0 Å². The third-order valence-electron chi connectivity index (χ3n) is 4.86. The van der Waals surface area contributed by atoms with Crippen molar-refractivity contribution in [1.29, 1.82) is 0 Å². The van der Waals surface area contributed by atoms with Crippen molar-refractivity contribution in [2.75, 3.05) is 17.8 Å². The van der Waals surface area contributed by atoms with Crippen LogP contribution in [0.5, 0.6) is 0 Å². The topological polar surface area (TPSA) is 65.0 Å². The van der Waals surface area contributed by atoms with E-state index in [1.807, 2.05) is 0 Å². The number of amides is 3. The third-order valence-corrected chi connectivity index (χ3v) is 7.35. The van der Waals surface area contributed by atoms with Gasteiger partial charge in [0.05, 0.1) is 11.6 Å². The van der Waals surface area contributed by atoms with Crippen molar-refractivity contribution in [3.63, 3.8) is 0 Å². The van der Waals surface area contributed by atoms with Crippen molar-refractivity contribution >= 4 is 66.9 Å². The van der Waals surface area contributed by atoms with Crippen LogP contribution in [0.2, 0.25) is 0 Å². The van der Waals surface area contributed by atoms with Gasteiger partial charge in [0, 0.05) is 13.1 Å². The fourth-order valence-corrected chi connectivity index (χ4v) is 3.92. The van der Waals surface area contributed by atoms with E-state index in [2.05, 4.69) is 42.2 Å². The Morgan fingerprint density at radius 2 is 1.96 bits per heavy atom. The zero-order valence-electron chi connectivity index (χ0n) is 15.2. The smallest absolute Gasteiger partial charge is 0.291 e. The summed E-state index contributed by atoms with van der Waals surface area (Å²) in [6, 6.07) is 5.34. The summed E-state index contributed by atoms with van der Waals surface area (Å²) in [6.45, 7) is 0. The Balaban J connectivity index is 2.03. The molecule has 2 fully saturated rings. The minimum atomic E-state index is -0.845. The molecule has 1 aliphatic heterocycles. The highest BCUT2D eigenvalue weighted by molar-refractivity contribution is 9.25. The number of hydrogen-bond donors (Lipinski definition) is 1. The first kappa shape index (κ1) is 21.7. The number of aliphatic imine (C=N–C) groups is 1. The lowest BCUT2D eigenvalue weighted by atomic mass is 10.2. The zero-order chi connectivity index (χ0) is 20.5. The Morgan fingerprint density at radius 1 is 1.32 bits per heavy atom. The van der Waals surface area contributed by atoms with E-state index in [9.17, 15) is 14.0 Å². The Morgan fingerprint density at radius 3 is 2.57 bits per heavy atom. The molecular weight excluding hydrogens is 518 g/mol. The first-order chi connectivity index (χ1) is 13.3. The lowest BCUT2D eigenvalue weighted by Gasteiger charge is -2.30. The second-order valence-corrected chi connectivity index (χ2v) is 11.0. The number of rotatable bonds is 6. The molecule has 0 spiro atoms. The Labute approximate surface area is 184 Å². The van der Waals surface area contributed by atoms with E-state index in [4.69, 9.17) is 11.6 Å². The molecule has 3 rings (SSSR count). The third kappa shape index (κ3) is 4.27. The van der Waals surface area contributed by atoms with Crippen molar-refractivity contribution in [3.8, 4) is 0 Å². The molecule has 3 amide bonds. The number of benzene rings is 1. The predicted octanol–water partition coefficient (Wildman–Crippen LogP) is 4.21. The average molecular weight is 539 g/mol. The highest BCUT2D eigenvalue weighted by Crippen LogP contribution is 2.35. The summed E-state index contributed by atoms with van der Waals surface area (Å²) in [5.41, 5.74) is -0.0239. The molecule has 1 aliphatic carbocycles. The van der Waals surface area contributed by atoms with Gasteiger partial charge in [-0.3, -0.25) is 15.0 Å². The van der Waals surface area contributed by atoms with Gasteiger partial charge in [0.1, 0.15) is 15.2 Å². The number of hydrogen-bond acceptors (Lipinski definition) is 4. The van der Waals surface area contributed by atoms with Crippen LogP contribution < -0.4 is 10.2 Å². The second-order valence-electron chi connectivity index (χ2n) is 6.83. The van der Waals surface area contributed by atoms with Gasteiger partial charge in [-0.05, 0) is 25.0 Å². The van der Waals surface area contributed by atoms with E-state index in [-0.39, 0.29) is 23.4 Å². The summed E-state index contributed by atoms with van der Waals surface area (Å²) in [7, 11) is 1.34. The van der Waals surface area contributed by atoms with Crippen molar-refractivity contribution in [2.24, 2.45) is 4.99 Å². The largest absolute Gasteiger partial charge is 0.337 e. The van der Waals surface area contributed by atoms with Crippen molar-refractivity contribution in [3.05, 3.63) is 30.1 Å². The summed E-state index contributed by atoms with van der Waals surface area (Å²) >= 11 is 13.1. The molecule has 6 nitrogen and oxygen atoms in total. The average Bonchev–Trinajstić information content (AvgIpc) is 3.25. The number of halogens is 4. The fourth-order valence-electron chi connectivity index (χ4n) is 3.30. The number of alkyl halides is 3. The Bertz CT molecular complexity index is 802. The zero-order valence-corrected chi connectivity index (χ0v) is 19.1. The minimum absolute atomic E-state index is 0.0239. The highest BCUT2D eigenvalue weighted by atomic mass is 79.9. The number of para-hydroxylation sites is 1. The SMILES string of the molecule is CN1C(=O)/C(=N\C(NC2CCCC2)C(Br)(Br)CCl)N(c2ccccc2F)C1=O. The molecule has 152 valence electrons. The molecule has 10 heteroatoms. The molecule has 0 bridgehead atoms. The van der Waals surface area contributed by atoms with E-state index in [1.54, 1.807) is 6.07 Å². The Hall–Kier alpha value is -1.03. The normalized spacial score (nSPS) is 21.2. The lowest BCUT2D eigenvalue weighted by Crippen LogP contribution is -2.48. The predicted molar refractivity (Wildman–Crippen MR) is 115 cm³/mol. The van der Waals surface area contributed by atoms with E-state index in [0.29, 0.717) is 0 Å². The van der Waals surface area contributed by atoms with Crippen LogP contribution in [-0.2, 0) is 4.79 Å². The highest BCUT2D eigenvalue weighted by Gasteiger charge is 2.44. The lowest BCUT2D eigenvalue weighted by molar-refractivity contribution is -0.119. The summed E-state index contributed by atoms with van der Waals surface area (Å²) in [6.07, 6.45) is 3.55. The summed E-state index contributed by atoms with van der Waals surface area (Å²) in [5, 5.41) is 3.40. The molecule has 1 heterocycles. The number of anilines is 1. The van der Waals surface area contributed by atoms with Gasteiger partial charge in [-0.2, -0.15) is 0 Å². The number of nitrogens with zero attached hydrogens (tertiary/aromatic N) is 3. The number of carbonyl (C=O) groups excluding carboxylic acids is 2. The van der Waals surface area contributed by atoms with Crippen LogP contribution in [0.15, 0.2) is 29.3 Å². The maximum Gasteiger partial charge on any atom is 0.337 e. The molecule has 28 heavy (non-hydrogen) atoms. The first-order valence-electron chi connectivity index (χ1n) is 8.90.